The van der Waals surface area contributed by atoms with Crippen LogP contribution in [0.5, 0.6) is 11.5 Å². The van der Waals surface area contributed by atoms with Crippen molar-refractivity contribution in [3.8, 4) is 11.5 Å². The highest BCUT2D eigenvalue weighted by Crippen LogP contribution is 2.28. The molecule has 3 aromatic carbocycles. The molecule has 0 spiro atoms. The molecule has 10 unspecified atom stereocenters. The van der Waals surface area contributed by atoms with Gasteiger partial charge in [-0.1, -0.05) is 56.3 Å². The van der Waals surface area contributed by atoms with Crippen molar-refractivity contribution < 1.29 is 63.2 Å². The van der Waals surface area contributed by atoms with Gasteiger partial charge in [0.05, 0.1) is 11.6 Å². The molecule has 10 atom stereocenters. The third kappa shape index (κ3) is 11.0. The summed E-state index contributed by atoms with van der Waals surface area (Å²) in [6.07, 6.45) is -3.21. The Morgan fingerprint density at radius 2 is 1.39 bits per heavy atom. The second-order valence-electron chi connectivity index (χ2n) is 19.0. The summed E-state index contributed by atoms with van der Waals surface area (Å²) in [7, 11) is 0. The van der Waals surface area contributed by atoms with Gasteiger partial charge >= 0.3 is 5.97 Å². The molecule has 8 amide bonds. The third-order valence-electron chi connectivity index (χ3n) is 13.5. The van der Waals surface area contributed by atoms with E-state index in [4.69, 9.17) is 4.74 Å². The number of nitrogens with one attached hydrogen (secondary N) is 7. The number of carboxylic acids is 1. The van der Waals surface area contributed by atoms with Crippen LogP contribution in [0.15, 0.2) is 79.0 Å². The minimum absolute atomic E-state index is 0.0673. The summed E-state index contributed by atoms with van der Waals surface area (Å²) >= 11 is 0. The Morgan fingerprint density at radius 1 is 0.708 bits per heavy atom. The van der Waals surface area contributed by atoms with Crippen molar-refractivity contribution in [2.45, 2.75) is 120 Å². The lowest BCUT2D eigenvalue weighted by Gasteiger charge is -2.30. The summed E-state index contributed by atoms with van der Waals surface area (Å²) in [5, 5.41) is 50.4. The average molecular weight is 992 g/mol. The van der Waals surface area contributed by atoms with Crippen LogP contribution in [0.2, 0.25) is 0 Å². The fraction of sp³-hybridized carbons (Fsp3) is 0.420. The Kier molecular flexibility index (Phi) is 14.8. The molecule has 6 heterocycles. The molecule has 8 bridgehead atoms. The number of aromatic hydroxyl groups is 1. The number of carbonyl (C=O) groups is 9. The van der Waals surface area contributed by atoms with Gasteiger partial charge in [0.1, 0.15) is 53.8 Å². The van der Waals surface area contributed by atoms with Gasteiger partial charge in [0.25, 0.3) is 11.8 Å². The fourth-order valence-corrected chi connectivity index (χ4v) is 9.59. The van der Waals surface area contributed by atoms with E-state index in [1.807, 2.05) is 0 Å². The van der Waals surface area contributed by atoms with Crippen LogP contribution in [0.1, 0.15) is 62.9 Å². The van der Waals surface area contributed by atoms with Crippen LogP contribution >= 0.6 is 0 Å². The highest BCUT2D eigenvalue weighted by molar-refractivity contribution is 6.00. The number of phenolic OH excluding ortho intramolecular Hbond substituents is 1. The number of aliphatic carboxylic acids is 1. The monoisotopic (exact) mass is 991 g/mol. The van der Waals surface area contributed by atoms with Crippen molar-refractivity contribution >= 4 is 64.1 Å². The van der Waals surface area contributed by atoms with Crippen LogP contribution in [0.4, 0.5) is 0 Å². The Balaban J connectivity index is 1.27. The zero-order chi connectivity index (χ0) is 51.5. The molecule has 4 aromatic rings. The number of carbonyl (C=O) groups excluding carboxylic acids is 8. The van der Waals surface area contributed by atoms with E-state index in [1.54, 1.807) is 50.2 Å². The molecule has 22 nitrogen and oxygen atoms in total. The van der Waals surface area contributed by atoms with Gasteiger partial charge in [0.2, 0.25) is 35.4 Å². The van der Waals surface area contributed by atoms with E-state index in [9.17, 15) is 53.7 Å². The van der Waals surface area contributed by atoms with E-state index in [0.717, 1.165) is 0 Å². The van der Waals surface area contributed by atoms with Crippen molar-refractivity contribution in [2.24, 2.45) is 5.92 Å². The second kappa shape index (κ2) is 21.1. The third-order valence-corrected chi connectivity index (χ3v) is 13.5. The first-order valence-electron chi connectivity index (χ1n) is 23.8. The number of benzene rings is 3. The summed E-state index contributed by atoms with van der Waals surface area (Å²) < 4.78 is 7.38. The summed E-state index contributed by atoms with van der Waals surface area (Å²) in [5.74, 6) is -8.48. The number of aromatic nitrogens is 1. The number of fused-ring (bicyclic) bond motifs is 11. The van der Waals surface area contributed by atoms with E-state index in [1.165, 1.54) is 59.0 Å². The van der Waals surface area contributed by atoms with Crippen molar-refractivity contribution in [1.82, 2.24) is 46.7 Å². The first-order valence-corrected chi connectivity index (χ1v) is 23.8. The standard InChI is InChI=1S/C50H57N9O13/c1-24(2)39-46(66)52-32-20-27-12-16-30(17-13-27)72-38-22-34(53-45(38)65)49(69)58-18-6-9-37(58)44(64)51-33(19-26-10-14-29(61)15-11-26)43(63)57-41(48(68)55-39)59-23-28(31-7-4-5-8-36(31)59)21-35(50(70)71)54-47(67)40(25(3)60)56-42(32)62/h4-5,7-8,10-17,23-25,32-35,37-41,60-61H,6,9,18-22H2,1-3H3,(H,51,64)(H,52,66)(H,53,65)(H,54,67)(H,55,68)(H,56,62)(H,57,63)(H,70,71). The molecular weight excluding hydrogens is 935 g/mol. The molecule has 0 aliphatic carbocycles. The molecule has 10 N–H and O–H groups in total. The van der Waals surface area contributed by atoms with Crippen molar-refractivity contribution in [2.75, 3.05) is 6.54 Å². The smallest absolute Gasteiger partial charge is 0.326 e. The topological polar surface area (TPSA) is 316 Å². The summed E-state index contributed by atoms with van der Waals surface area (Å²) in [4.78, 5) is 129. The maximum absolute atomic E-state index is 15.0. The maximum Gasteiger partial charge on any atom is 0.326 e. The number of aliphatic hydroxyl groups is 1. The van der Waals surface area contributed by atoms with Crippen LogP contribution in [-0.2, 0) is 62.4 Å². The Hall–Kier alpha value is -8.01. The zero-order valence-corrected chi connectivity index (χ0v) is 39.6. The predicted molar refractivity (Wildman–Crippen MR) is 254 cm³/mol. The van der Waals surface area contributed by atoms with Crippen LogP contribution in [0.25, 0.3) is 10.9 Å². The van der Waals surface area contributed by atoms with Gasteiger partial charge < -0.3 is 66.7 Å². The first kappa shape index (κ1) is 50.4. The highest BCUT2D eigenvalue weighted by Gasteiger charge is 2.45. The van der Waals surface area contributed by atoms with Crippen molar-refractivity contribution in [1.29, 1.82) is 0 Å². The van der Waals surface area contributed by atoms with Crippen LogP contribution in [0.3, 0.4) is 0 Å². The average Bonchev–Trinajstić information content (AvgIpc) is 4.08. The maximum atomic E-state index is 15.0. The summed E-state index contributed by atoms with van der Waals surface area (Å²) in [6, 6.07) is 8.73. The van der Waals surface area contributed by atoms with Gasteiger partial charge in [-0.05, 0) is 72.7 Å². The first-order chi connectivity index (χ1) is 34.3. The second-order valence-corrected chi connectivity index (χ2v) is 19.0. The normalized spacial score (nSPS) is 27.2. The lowest BCUT2D eigenvalue weighted by molar-refractivity contribution is -0.143. The molecule has 5 aliphatic heterocycles. The van der Waals surface area contributed by atoms with E-state index in [2.05, 4.69) is 37.2 Å². The number of carboxylic acid groups (broad SMARTS) is 1. The number of para-hydroxylation sites is 1. The molecule has 0 radical (unpaired) electrons. The molecule has 72 heavy (non-hydrogen) atoms. The van der Waals surface area contributed by atoms with Crippen LogP contribution in [-0.4, -0.2) is 139 Å². The molecule has 2 saturated heterocycles. The predicted octanol–water partition coefficient (Wildman–Crippen LogP) is -0.811. The van der Waals surface area contributed by atoms with Gasteiger partial charge in [0, 0.05) is 43.8 Å². The van der Waals surface area contributed by atoms with Crippen LogP contribution in [0, 0.1) is 5.92 Å². The minimum atomic E-state index is -1.73. The van der Waals surface area contributed by atoms with Crippen LogP contribution < -0.4 is 42.0 Å². The molecule has 9 rings (SSSR count). The Labute approximate surface area is 412 Å². The van der Waals surface area contributed by atoms with Gasteiger partial charge in [-0.2, -0.15) is 0 Å². The number of amides is 8. The summed E-state index contributed by atoms with van der Waals surface area (Å²) in [5.41, 5.74) is 1.53. The van der Waals surface area contributed by atoms with E-state index in [-0.39, 0.29) is 49.3 Å². The Morgan fingerprint density at radius 3 is 2.08 bits per heavy atom. The molecule has 5 aliphatic rings. The summed E-state index contributed by atoms with van der Waals surface area (Å²) in [6.45, 7) is 4.67. The largest absolute Gasteiger partial charge is 0.508 e. The number of hydrogen-bond donors (Lipinski definition) is 10. The Bertz CT molecular complexity index is 2780. The van der Waals surface area contributed by atoms with Gasteiger partial charge in [-0.3, -0.25) is 38.4 Å². The van der Waals surface area contributed by atoms with E-state index < -0.39 is 126 Å². The molecule has 380 valence electrons. The van der Waals surface area contributed by atoms with Crippen molar-refractivity contribution in [3.63, 3.8) is 0 Å². The lowest BCUT2D eigenvalue weighted by Crippen LogP contribution is -2.61. The SMILES string of the molecule is CC(C)C1NC(=O)C2NC(=O)C(Cc3ccc(O)cc3)NC(=O)C3CCCN3C(=O)C3CC(Oc4ccc(cc4)CC(NC1=O)C(=O)NC(C(C)O)C(=O)NC(C(=O)O)Cc1cn2c2ccccc12)C(=O)N3. The number of rotatable bonds is 5. The van der Waals surface area contributed by atoms with Gasteiger partial charge in [0.15, 0.2) is 12.3 Å². The lowest BCUT2D eigenvalue weighted by atomic mass is 10.00. The number of ether oxygens (including phenoxy) is 1. The van der Waals surface area contributed by atoms with Gasteiger partial charge in [-0.25, -0.2) is 4.79 Å². The quantitative estimate of drug-likeness (QED) is 0.117. The number of hydrogen-bond acceptors (Lipinski definition) is 12. The fourth-order valence-electron chi connectivity index (χ4n) is 9.59. The zero-order valence-electron chi connectivity index (χ0n) is 39.6. The molecular formula is C50H57N9O13. The molecule has 22 heteroatoms. The van der Waals surface area contributed by atoms with Crippen molar-refractivity contribution in [3.05, 3.63) is 95.7 Å². The highest BCUT2D eigenvalue weighted by atomic mass is 16.5. The molecule has 1 aromatic heterocycles. The number of nitrogens with zero attached hydrogens (tertiary/aromatic N) is 2. The van der Waals surface area contributed by atoms with E-state index in [0.29, 0.717) is 28.5 Å². The minimum Gasteiger partial charge on any atom is -0.508 e. The van der Waals surface area contributed by atoms with Gasteiger partial charge in [-0.15, -0.1) is 0 Å². The number of aliphatic hydroxyl groups excluding tert-OH is 1. The van der Waals surface area contributed by atoms with E-state index >= 15 is 4.79 Å². The molecule has 0 saturated carbocycles. The number of phenols is 1. The molecule has 2 fully saturated rings.